The fourth-order valence-corrected chi connectivity index (χ4v) is 4.99. The molecule has 1 aliphatic rings. The van der Waals surface area contributed by atoms with Crippen LogP contribution >= 0.6 is 0 Å². The van der Waals surface area contributed by atoms with E-state index in [1.165, 1.54) is 0 Å². The van der Waals surface area contributed by atoms with Crippen LogP contribution in [0.3, 0.4) is 0 Å². The van der Waals surface area contributed by atoms with Crippen molar-refractivity contribution in [1.82, 2.24) is 15.5 Å². The Morgan fingerprint density at radius 2 is 1.76 bits per heavy atom. The molecule has 0 bridgehead atoms. The van der Waals surface area contributed by atoms with Crippen LogP contribution < -0.4 is 10.0 Å². The first kappa shape index (κ1) is 25.2. The van der Waals surface area contributed by atoms with Gasteiger partial charge in [0.25, 0.3) is 15.9 Å². The van der Waals surface area contributed by atoms with Crippen LogP contribution in [0.1, 0.15) is 81.0 Å². The van der Waals surface area contributed by atoms with E-state index in [9.17, 15) is 13.2 Å². The molecule has 1 atom stereocenters. The average Bonchev–Trinajstić information content (AvgIpc) is 3.16. The van der Waals surface area contributed by atoms with E-state index in [0.29, 0.717) is 5.69 Å². The van der Waals surface area contributed by atoms with E-state index in [1.807, 2.05) is 34.6 Å². The Morgan fingerprint density at radius 3 is 2.30 bits per heavy atom. The number of rotatable bonds is 7. The van der Waals surface area contributed by atoms with E-state index in [-0.39, 0.29) is 39.8 Å². The van der Waals surface area contributed by atoms with Crippen molar-refractivity contribution in [3.05, 3.63) is 41.2 Å². The van der Waals surface area contributed by atoms with Gasteiger partial charge in [-0.2, -0.15) is 5.10 Å². The van der Waals surface area contributed by atoms with Gasteiger partial charge in [0.1, 0.15) is 5.69 Å². The highest BCUT2D eigenvalue weighted by Crippen LogP contribution is 2.38. The number of carbonyl (C=O) groups excluding carboxylic acids is 1. The van der Waals surface area contributed by atoms with Crippen molar-refractivity contribution in [2.75, 3.05) is 11.8 Å². The minimum atomic E-state index is -3.90. The van der Waals surface area contributed by atoms with Crippen molar-refractivity contribution in [2.24, 2.45) is 5.41 Å². The molecule has 2 aromatic rings. The van der Waals surface area contributed by atoms with Gasteiger partial charge in [0.15, 0.2) is 5.69 Å². The van der Waals surface area contributed by atoms with Gasteiger partial charge >= 0.3 is 0 Å². The first-order valence-corrected chi connectivity index (χ1v) is 12.9. The summed E-state index contributed by atoms with van der Waals surface area (Å²) in [6.07, 6.45) is 3.57. The maximum Gasteiger partial charge on any atom is 0.274 e. The molecule has 8 nitrogen and oxygen atoms in total. The molecule has 1 heterocycles. The zero-order valence-corrected chi connectivity index (χ0v) is 21.2. The molecule has 0 radical (unpaired) electrons. The van der Waals surface area contributed by atoms with Crippen LogP contribution in [0.15, 0.2) is 29.2 Å². The summed E-state index contributed by atoms with van der Waals surface area (Å²) >= 11 is 0. The molecule has 1 aromatic heterocycles. The number of sulfonamides is 1. The standard InChI is InChI=1S/C24H36N4O4S/c1-15-7-13-19(14-8-15)33(30,31)28-21-20(17-9-11-18(32-6)12-10-17)26-27-22(21)23(29)25-16(2)24(3,4)5/h7-8,13-14,16-18,28H,9-12H2,1-6H3,(H,25,29)(H,26,27)/t16-,17?,18?/m0/s1. The Labute approximate surface area is 196 Å². The van der Waals surface area contributed by atoms with Crippen molar-refractivity contribution in [1.29, 1.82) is 0 Å². The van der Waals surface area contributed by atoms with Gasteiger partial charge in [0.05, 0.1) is 16.7 Å². The predicted octanol–water partition coefficient (Wildman–Crippen LogP) is 4.36. The van der Waals surface area contributed by atoms with E-state index in [4.69, 9.17) is 4.74 Å². The zero-order chi connectivity index (χ0) is 24.4. The fourth-order valence-electron chi connectivity index (χ4n) is 3.90. The third kappa shape index (κ3) is 5.95. The second-order valence-corrected chi connectivity index (χ2v) is 11.7. The van der Waals surface area contributed by atoms with Crippen molar-refractivity contribution in [3.8, 4) is 0 Å². The molecule has 9 heteroatoms. The van der Waals surface area contributed by atoms with Crippen LogP contribution in [0, 0.1) is 12.3 Å². The van der Waals surface area contributed by atoms with E-state index in [1.54, 1.807) is 31.4 Å². The largest absolute Gasteiger partial charge is 0.381 e. The Balaban J connectivity index is 1.96. The molecule has 3 N–H and O–H groups in total. The van der Waals surface area contributed by atoms with E-state index in [0.717, 1.165) is 31.2 Å². The van der Waals surface area contributed by atoms with Crippen LogP contribution in [0.25, 0.3) is 0 Å². The smallest absolute Gasteiger partial charge is 0.274 e. The highest BCUT2D eigenvalue weighted by atomic mass is 32.2. The molecule has 1 amide bonds. The molecule has 1 saturated carbocycles. The SMILES string of the molecule is COC1CCC(c2[nH]nc(C(=O)N[C@@H](C)C(C)(C)C)c2NS(=O)(=O)c2ccc(C)cc2)CC1. The lowest BCUT2D eigenvalue weighted by molar-refractivity contribution is 0.0655. The van der Waals surface area contributed by atoms with Crippen LogP contribution in [0.2, 0.25) is 0 Å². The lowest BCUT2D eigenvalue weighted by atomic mass is 9.84. The summed E-state index contributed by atoms with van der Waals surface area (Å²) in [6, 6.07) is 6.47. The maximum absolute atomic E-state index is 13.2. The Bertz CT molecular complexity index is 1060. The number of aromatic amines is 1. The molecule has 0 spiro atoms. The molecule has 0 unspecified atom stereocenters. The van der Waals surface area contributed by atoms with Gasteiger partial charge in [-0.25, -0.2) is 8.42 Å². The molecule has 1 fully saturated rings. The van der Waals surface area contributed by atoms with Gasteiger partial charge in [-0.3, -0.25) is 14.6 Å². The highest BCUT2D eigenvalue weighted by molar-refractivity contribution is 7.92. The summed E-state index contributed by atoms with van der Waals surface area (Å²) in [4.78, 5) is 13.3. The third-order valence-electron chi connectivity index (χ3n) is 6.64. The quantitative estimate of drug-likeness (QED) is 0.550. The summed E-state index contributed by atoms with van der Waals surface area (Å²) in [5, 5.41) is 10.2. The van der Waals surface area contributed by atoms with Crippen LogP contribution in [-0.2, 0) is 14.8 Å². The third-order valence-corrected chi connectivity index (χ3v) is 8.01. The molecule has 1 aromatic carbocycles. The first-order valence-electron chi connectivity index (χ1n) is 11.4. The number of methoxy groups -OCH3 is 1. The molecule has 3 rings (SSSR count). The number of anilines is 1. The van der Waals surface area contributed by atoms with Gasteiger partial charge in [0, 0.05) is 19.1 Å². The summed E-state index contributed by atoms with van der Waals surface area (Å²) in [5.74, 6) is -0.353. The first-order chi connectivity index (χ1) is 15.4. The van der Waals surface area contributed by atoms with Gasteiger partial charge in [-0.15, -0.1) is 0 Å². The number of H-pyrrole nitrogens is 1. The number of nitrogens with one attached hydrogen (secondary N) is 3. The number of ether oxygens (including phenoxy) is 1. The van der Waals surface area contributed by atoms with Crippen LogP contribution in [0.5, 0.6) is 0 Å². The van der Waals surface area contributed by atoms with Gasteiger partial charge < -0.3 is 10.1 Å². The monoisotopic (exact) mass is 476 g/mol. The average molecular weight is 477 g/mol. The second kappa shape index (κ2) is 9.85. The van der Waals surface area contributed by atoms with E-state index >= 15 is 0 Å². The summed E-state index contributed by atoms with van der Waals surface area (Å²) < 4.78 is 34.5. The molecular weight excluding hydrogens is 440 g/mol. The second-order valence-electron chi connectivity index (χ2n) is 10.0. The highest BCUT2D eigenvalue weighted by Gasteiger charge is 2.32. The molecule has 0 aliphatic heterocycles. The normalized spacial score (nSPS) is 20.3. The van der Waals surface area contributed by atoms with Crippen molar-refractivity contribution < 1.29 is 17.9 Å². The van der Waals surface area contributed by atoms with E-state index < -0.39 is 15.9 Å². The number of hydrogen-bond acceptors (Lipinski definition) is 5. The van der Waals surface area contributed by atoms with Gasteiger partial charge in [-0.05, 0) is 57.1 Å². The lowest BCUT2D eigenvalue weighted by Crippen LogP contribution is -2.41. The van der Waals surface area contributed by atoms with Crippen LogP contribution in [0.4, 0.5) is 5.69 Å². The molecular formula is C24H36N4O4S. The Hall–Kier alpha value is -2.39. The zero-order valence-electron chi connectivity index (χ0n) is 20.4. The van der Waals surface area contributed by atoms with Gasteiger partial charge in [-0.1, -0.05) is 38.5 Å². The molecule has 1 aliphatic carbocycles. The number of benzene rings is 1. The number of aryl methyl sites for hydroxylation is 1. The minimum absolute atomic E-state index is 0.0567. The van der Waals surface area contributed by atoms with Crippen molar-refractivity contribution in [3.63, 3.8) is 0 Å². The summed E-state index contributed by atoms with van der Waals surface area (Å²) in [5.41, 5.74) is 1.74. The lowest BCUT2D eigenvalue weighted by Gasteiger charge is -2.28. The van der Waals surface area contributed by atoms with E-state index in [2.05, 4.69) is 20.2 Å². The number of nitrogens with zero attached hydrogens (tertiary/aromatic N) is 1. The number of hydrogen-bond donors (Lipinski definition) is 3. The number of amides is 1. The maximum atomic E-state index is 13.2. The Kier molecular flexibility index (Phi) is 7.53. The van der Waals surface area contributed by atoms with Crippen molar-refractivity contribution in [2.45, 2.75) is 83.3 Å². The van der Waals surface area contributed by atoms with Crippen LogP contribution in [-0.4, -0.2) is 43.8 Å². The molecule has 182 valence electrons. The van der Waals surface area contributed by atoms with Crippen molar-refractivity contribution >= 4 is 21.6 Å². The van der Waals surface area contributed by atoms with Gasteiger partial charge in [0.2, 0.25) is 0 Å². The predicted molar refractivity (Wildman–Crippen MR) is 129 cm³/mol. The number of carbonyl (C=O) groups is 1. The minimum Gasteiger partial charge on any atom is -0.381 e. The molecule has 33 heavy (non-hydrogen) atoms. The summed E-state index contributed by atoms with van der Waals surface area (Å²) in [6.45, 7) is 9.91. The number of aromatic nitrogens is 2. The topological polar surface area (TPSA) is 113 Å². The summed E-state index contributed by atoms with van der Waals surface area (Å²) in [7, 11) is -2.19. The Morgan fingerprint density at radius 1 is 1.15 bits per heavy atom. The fraction of sp³-hybridized carbons (Fsp3) is 0.583. The molecule has 0 saturated heterocycles.